The van der Waals surface area contributed by atoms with Crippen LogP contribution in [0.2, 0.25) is 5.02 Å². The molecule has 11 heteroatoms. The lowest BCUT2D eigenvalue weighted by atomic mass is 10.1. The molecule has 0 saturated carbocycles. The van der Waals surface area contributed by atoms with E-state index in [9.17, 15) is 22.4 Å². The first kappa shape index (κ1) is 20.9. The Bertz CT molecular complexity index is 1340. The molecule has 2 bridgehead atoms. The zero-order valence-electron chi connectivity index (χ0n) is 16.7. The van der Waals surface area contributed by atoms with Crippen LogP contribution in [0.1, 0.15) is 17.5 Å². The lowest BCUT2D eigenvalue weighted by Gasteiger charge is -2.34. The number of sulfonamides is 1. The summed E-state index contributed by atoms with van der Waals surface area (Å²) in [6.07, 6.45) is 0.302. The minimum absolute atomic E-state index is 0.0161. The van der Waals surface area contributed by atoms with Crippen molar-refractivity contribution in [2.24, 2.45) is 0 Å². The van der Waals surface area contributed by atoms with E-state index in [2.05, 4.69) is 0 Å². The second kappa shape index (κ2) is 7.00. The molecule has 0 spiro atoms. The third-order valence-corrected chi connectivity index (χ3v) is 8.77. The van der Waals surface area contributed by atoms with Crippen molar-refractivity contribution >= 4 is 39.2 Å². The third-order valence-electron chi connectivity index (χ3n) is 6.36. The van der Waals surface area contributed by atoms with Gasteiger partial charge in [-0.25, -0.2) is 22.5 Å². The van der Waals surface area contributed by atoms with Crippen LogP contribution in [0.3, 0.4) is 0 Å². The summed E-state index contributed by atoms with van der Waals surface area (Å²) in [5.41, 5.74) is 0.868. The molecule has 3 aliphatic heterocycles. The highest BCUT2D eigenvalue weighted by Gasteiger charge is 2.64. The average Bonchev–Trinajstić information content (AvgIpc) is 3.43. The second-order valence-corrected chi connectivity index (χ2v) is 10.2. The molecule has 2 aromatic rings. The Kier molecular flexibility index (Phi) is 4.57. The molecule has 3 atom stereocenters. The molecule has 0 aromatic heterocycles. The predicted octanol–water partition coefficient (Wildman–Crippen LogP) is 2.64. The van der Waals surface area contributed by atoms with E-state index < -0.39 is 50.8 Å². The highest BCUT2D eigenvalue weighted by Crippen LogP contribution is 2.45. The molecule has 3 saturated heterocycles. The maximum absolute atomic E-state index is 14.2. The fraction of sp³-hybridized carbons (Fsp3) is 0.286. The van der Waals surface area contributed by atoms with Crippen LogP contribution in [0.25, 0.3) is 0 Å². The summed E-state index contributed by atoms with van der Waals surface area (Å²) in [5, 5.41) is 9.29. The minimum Gasteiger partial charge on any atom is -0.306 e. The van der Waals surface area contributed by atoms with E-state index in [-0.39, 0.29) is 22.8 Å². The Morgan fingerprint density at radius 2 is 1.91 bits per heavy atom. The maximum Gasteiger partial charge on any atom is 0.332 e. The van der Waals surface area contributed by atoms with Crippen LogP contribution in [0.5, 0.6) is 0 Å². The van der Waals surface area contributed by atoms with Crippen LogP contribution in [0.15, 0.2) is 41.3 Å². The highest BCUT2D eigenvalue weighted by molar-refractivity contribution is 7.89. The lowest BCUT2D eigenvalue weighted by Crippen LogP contribution is -2.54. The molecule has 3 heterocycles. The molecule has 8 nitrogen and oxygen atoms in total. The summed E-state index contributed by atoms with van der Waals surface area (Å²) < 4.78 is 41.7. The summed E-state index contributed by atoms with van der Waals surface area (Å²) in [7, 11) is -4.19. The van der Waals surface area contributed by atoms with Gasteiger partial charge < -0.3 is 4.90 Å². The molecular weight excluding hydrogens is 459 g/mol. The Balaban J connectivity index is 1.52. The van der Waals surface area contributed by atoms with E-state index in [0.717, 1.165) is 15.3 Å². The normalized spacial score (nSPS) is 24.9. The quantitative estimate of drug-likeness (QED) is 0.636. The number of amides is 3. The van der Waals surface area contributed by atoms with Crippen molar-refractivity contribution in [2.45, 2.75) is 36.4 Å². The predicted molar refractivity (Wildman–Crippen MR) is 112 cm³/mol. The van der Waals surface area contributed by atoms with Crippen LogP contribution in [-0.4, -0.2) is 54.2 Å². The zero-order chi connectivity index (χ0) is 22.9. The Labute approximate surface area is 188 Å². The average molecular weight is 475 g/mol. The Hall–Kier alpha value is -3.00. The van der Waals surface area contributed by atoms with E-state index in [1.165, 1.54) is 35.2 Å². The zero-order valence-corrected chi connectivity index (χ0v) is 18.3. The molecule has 164 valence electrons. The summed E-state index contributed by atoms with van der Waals surface area (Å²) >= 11 is 6.22. The first-order valence-electron chi connectivity index (χ1n) is 9.80. The van der Waals surface area contributed by atoms with Crippen LogP contribution >= 0.6 is 11.6 Å². The van der Waals surface area contributed by atoms with Crippen LogP contribution in [-0.2, 0) is 14.8 Å². The summed E-state index contributed by atoms with van der Waals surface area (Å²) in [5.74, 6) is -1.44. The number of nitriles is 1. The molecule has 0 radical (unpaired) electrons. The fourth-order valence-electron chi connectivity index (χ4n) is 4.90. The molecule has 3 aliphatic rings. The molecule has 3 fully saturated rings. The van der Waals surface area contributed by atoms with Gasteiger partial charge in [-0.15, -0.1) is 0 Å². The maximum atomic E-state index is 14.2. The number of imide groups is 1. The number of carbonyl (C=O) groups excluding carboxylic acids is 2. The van der Waals surface area contributed by atoms with Gasteiger partial charge in [0.1, 0.15) is 22.8 Å². The number of nitrogens with zero attached hydrogens (tertiary/aromatic N) is 4. The van der Waals surface area contributed by atoms with Gasteiger partial charge in [0.15, 0.2) is 0 Å². The number of rotatable bonds is 3. The monoisotopic (exact) mass is 474 g/mol. The first-order valence-corrected chi connectivity index (χ1v) is 11.6. The number of hydrogen-bond acceptors (Lipinski definition) is 5. The molecule has 0 aliphatic carbocycles. The van der Waals surface area contributed by atoms with Gasteiger partial charge in [-0.05, 0) is 43.2 Å². The third kappa shape index (κ3) is 2.65. The summed E-state index contributed by atoms with van der Waals surface area (Å²) in [4.78, 5) is 28.5. The number of carbonyl (C=O) groups is 2. The van der Waals surface area contributed by atoms with Gasteiger partial charge >= 0.3 is 6.03 Å². The van der Waals surface area contributed by atoms with Crippen molar-refractivity contribution < 1.29 is 22.4 Å². The van der Waals surface area contributed by atoms with Gasteiger partial charge in [-0.2, -0.15) is 9.57 Å². The van der Waals surface area contributed by atoms with E-state index in [0.29, 0.717) is 12.0 Å². The molecule has 3 amide bonds. The number of hydrogen-bond donors (Lipinski definition) is 0. The number of halogens is 2. The Morgan fingerprint density at radius 1 is 1.19 bits per heavy atom. The van der Waals surface area contributed by atoms with E-state index in [1.54, 1.807) is 6.92 Å². The largest absolute Gasteiger partial charge is 0.332 e. The van der Waals surface area contributed by atoms with Crippen molar-refractivity contribution in [3.05, 3.63) is 58.4 Å². The molecule has 1 unspecified atom stereocenters. The van der Waals surface area contributed by atoms with Crippen LogP contribution in [0.4, 0.5) is 14.9 Å². The smallest absolute Gasteiger partial charge is 0.306 e. The van der Waals surface area contributed by atoms with Gasteiger partial charge in [0.05, 0.1) is 22.3 Å². The van der Waals surface area contributed by atoms with E-state index in [4.69, 9.17) is 16.9 Å². The highest BCUT2D eigenvalue weighted by atomic mass is 35.5. The van der Waals surface area contributed by atoms with Gasteiger partial charge in [-0.1, -0.05) is 23.7 Å². The van der Waals surface area contributed by atoms with Gasteiger partial charge in [-0.3, -0.25) is 4.79 Å². The number of urea groups is 1. The van der Waals surface area contributed by atoms with Crippen molar-refractivity contribution in [1.29, 1.82) is 5.26 Å². The van der Waals surface area contributed by atoms with Crippen LogP contribution in [0, 0.1) is 24.1 Å². The molecular formula is C21H16ClFN4O4S. The Morgan fingerprint density at radius 3 is 2.59 bits per heavy atom. The molecule has 0 N–H and O–H groups in total. The fourth-order valence-corrected chi connectivity index (χ4v) is 6.84. The van der Waals surface area contributed by atoms with E-state index in [1.807, 2.05) is 6.07 Å². The second-order valence-electron chi connectivity index (χ2n) is 7.95. The molecule has 2 aromatic carbocycles. The summed E-state index contributed by atoms with van der Waals surface area (Å²) in [6.45, 7) is 1.59. The summed E-state index contributed by atoms with van der Waals surface area (Å²) in [6, 6.07) is 7.09. The van der Waals surface area contributed by atoms with Crippen molar-refractivity contribution in [2.75, 3.05) is 11.4 Å². The van der Waals surface area contributed by atoms with Gasteiger partial charge in [0, 0.05) is 12.6 Å². The van der Waals surface area contributed by atoms with Crippen molar-refractivity contribution in [3.8, 4) is 6.07 Å². The first-order chi connectivity index (χ1) is 15.2. The topological polar surface area (TPSA) is 102 Å². The number of fused-ring (bicyclic) bond motifs is 5. The SMILES string of the molecule is Cc1c(N2C(=O)[C@H]3C4C[C@H](CN4S(=O)(=O)c4ccccc4F)N3C2=O)ccc(C#N)c1Cl. The van der Waals surface area contributed by atoms with E-state index >= 15 is 0 Å². The van der Waals surface area contributed by atoms with Crippen LogP contribution < -0.4 is 4.90 Å². The number of benzene rings is 2. The van der Waals surface area contributed by atoms with Crippen molar-refractivity contribution in [1.82, 2.24) is 9.21 Å². The minimum atomic E-state index is -4.19. The number of piperazine rings is 1. The van der Waals surface area contributed by atoms with Crippen molar-refractivity contribution in [3.63, 3.8) is 0 Å². The standard InChI is InChI=1S/C21H16ClFN4O4S/c1-11-15(7-6-12(9-24)18(11)22)27-20(28)19-16-8-13(26(19)21(27)29)10-25(16)32(30,31)17-5-3-2-4-14(17)23/h2-7,13,16,19H,8,10H2,1H3/t13-,16?,19-/m1/s1. The lowest BCUT2D eigenvalue weighted by molar-refractivity contribution is -0.120. The molecule has 32 heavy (non-hydrogen) atoms. The number of anilines is 1. The van der Waals surface area contributed by atoms with Gasteiger partial charge in [0.25, 0.3) is 5.91 Å². The molecule has 5 rings (SSSR count). The van der Waals surface area contributed by atoms with Gasteiger partial charge in [0.2, 0.25) is 10.0 Å².